The maximum atomic E-state index is 12.9. The molecule has 4 aromatic rings. The average molecular weight is 460 g/mol. The van der Waals surface area contributed by atoms with Crippen molar-refractivity contribution in [2.45, 2.75) is 19.9 Å². The Balaban J connectivity index is 1.59. The summed E-state index contributed by atoms with van der Waals surface area (Å²) in [6.45, 7) is 3.97. The molecule has 0 saturated heterocycles. The number of urea groups is 1. The highest BCUT2D eigenvalue weighted by Crippen LogP contribution is 2.27. The zero-order valence-corrected chi connectivity index (χ0v) is 19.3. The molecule has 0 unspecified atom stereocenters. The van der Waals surface area contributed by atoms with E-state index < -0.39 is 0 Å². The van der Waals surface area contributed by atoms with Gasteiger partial charge in [-0.25, -0.2) is 19.7 Å². The number of anilines is 2. The third-order valence-corrected chi connectivity index (χ3v) is 4.96. The third-order valence-electron chi connectivity index (χ3n) is 4.96. The Kier molecular flexibility index (Phi) is 6.39. The lowest BCUT2D eigenvalue weighted by Crippen LogP contribution is -2.25. The summed E-state index contributed by atoms with van der Waals surface area (Å²) in [6, 6.07) is 12.3. The molecule has 10 nitrogen and oxygen atoms in total. The van der Waals surface area contributed by atoms with Gasteiger partial charge in [0.1, 0.15) is 17.3 Å². The number of rotatable bonds is 6. The van der Waals surface area contributed by atoms with E-state index in [0.717, 1.165) is 5.39 Å². The normalized spacial score (nSPS) is 10.9. The van der Waals surface area contributed by atoms with Crippen LogP contribution in [-0.4, -0.2) is 38.6 Å². The van der Waals surface area contributed by atoms with Gasteiger partial charge in [-0.3, -0.25) is 14.7 Å². The molecule has 1 aromatic carbocycles. The number of ether oxygens (including phenoxy) is 1. The maximum absolute atomic E-state index is 12.9. The zero-order chi connectivity index (χ0) is 24.2. The molecule has 0 radical (unpaired) electrons. The van der Waals surface area contributed by atoms with Gasteiger partial charge in [-0.2, -0.15) is 0 Å². The first-order valence-corrected chi connectivity index (χ1v) is 10.7. The van der Waals surface area contributed by atoms with Gasteiger partial charge in [0, 0.05) is 44.0 Å². The Bertz CT molecular complexity index is 1420. The van der Waals surface area contributed by atoms with Crippen molar-refractivity contribution in [1.29, 1.82) is 0 Å². The summed E-state index contributed by atoms with van der Waals surface area (Å²) in [7, 11) is 3.21. The van der Waals surface area contributed by atoms with Crippen LogP contribution in [0.3, 0.4) is 0 Å². The van der Waals surface area contributed by atoms with Gasteiger partial charge in [0.2, 0.25) is 5.95 Å². The van der Waals surface area contributed by atoms with Crippen LogP contribution >= 0.6 is 0 Å². The fourth-order valence-electron chi connectivity index (χ4n) is 3.29. The quantitative estimate of drug-likeness (QED) is 0.401. The number of nitrogens with zero attached hydrogens (tertiary/aromatic N) is 4. The summed E-state index contributed by atoms with van der Waals surface area (Å²) in [4.78, 5) is 37.5. The van der Waals surface area contributed by atoms with E-state index in [9.17, 15) is 9.59 Å². The van der Waals surface area contributed by atoms with Crippen molar-refractivity contribution in [3.63, 3.8) is 0 Å². The van der Waals surface area contributed by atoms with Crippen molar-refractivity contribution in [1.82, 2.24) is 24.8 Å². The van der Waals surface area contributed by atoms with Crippen molar-refractivity contribution in [3.05, 3.63) is 65.2 Å². The van der Waals surface area contributed by atoms with Gasteiger partial charge < -0.3 is 15.4 Å². The first-order valence-electron chi connectivity index (χ1n) is 10.7. The number of aromatic nitrogens is 4. The van der Waals surface area contributed by atoms with Gasteiger partial charge in [0.05, 0.1) is 16.8 Å². The van der Waals surface area contributed by atoms with Gasteiger partial charge in [0.25, 0.3) is 5.56 Å². The van der Waals surface area contributed by atoms with E-state index in [1.54, 1.807) is 43.7 Å². The monoisotopic (exact) mass is 459 g/mol. The molecule has 3 aromatic heterocycles. The van der Waals surface area contributed by atoms with Crippen molar-refractivity contribution < 1.29 is 9.53 Å². The van der Waals surface area contributed by atoms with Gasteiger partial charge in [-0.1, -0.05) is 6.07 Å². The van der Waals surface area contributed by atoms with Gasteiger partial charge in [-0.15, -0.1) is 0 Å². The number of benzene rings is 1. The minimum Gasteiger partial charge on any atom is -0.457 e. The predicted molar refractivity (Wildman–Crippen MR) is 131 cm³/mol. The Labute approximate surface area is 196 Å². The molecule has 4 rings (SSSR count). The van der Waals surface area contributed by atoms with Crippen LogP contribution in [0.5, 0.6) is 11.5 Å². The van der Waals surface area contributed by atoms with E-state index in [1.807, 2.05) is 32.0 Å². The molecular weight excluding hydrogens is 434 g/mol. The minimum absolute atomic E-state index is 0.157. The highest BCUT2D eigenvalue weighted by Gasteiger charge is 2.12. The molecule has 0 atom stereocenters. The van der Waals surface area contributed by atoms with Gasteiger partial charge in [-0.05, 0) is 44.2 Å². The van der Waals surface area contributed by atoms with Crippen molar-refractivity contribution in [2.24, 2.45) is 7.05 Å². The first-order chi connectivity index (χ1) is 16.3. The average Bonchev–Trinajstić information content (AvgIpc) is 2.82. The molecule has 10 heteroatoms. The molecule has 0 fully saturated rings. The molecule has 0 bridgehead atoms. The molecule has 3 N–H and O–H groups in total. The van der Waals surface area contributed by atoms with Crippen molar-refractivity contribution in [2.75, 3.05) is 17.7 Å². The second kappa shape index (κ2) is 9.57. The molecule has 2 amide bonds. The smallest absolute Gasteiger partial charge is 0.320 e. The molecule has 0 aliphatic carbocycles. The van der Waals surface area contributed by atoms with Crippen LogP contribution in [0.25, 0.3) is 22.2 Å². The van der Waals surface area contributed by atoms with Gasteiger partial charge >= 0.3 is 6.03 Å². The number of fused-ring (bicyclic) bond motifs is 1. The molecule has 0 saturated carbocycles. The largest absolute Gasteiger partial charge is 0.457 e. The number of hydrogen-bond acceptors (Lipinski definition) is 7. The SMILES string of the molecule is CNC(=O)Nc1cc(Oc2ccc3nc(-c4cnc(NC(C)C)n(C)c4=O)ccc3c2)ccn1. The van der Waals surface area contributed by atoms with Crippen molar-refractivity contribution >= 4 is 28.7 Å². The topological polar surface area (TPSA) is 123 Å². The number of nitrogens with one attached hydrogen (secondary N) is 3. The summed E-state index contributed by atoms with van der Waals surface area (Å²) in [6.07, 6.45) is 3.10. The molecule has 174 valence electrons. The molecule has 0 spiro atoms. The van der Waals surface area contributed by atoms with E-state index in [4.69, 9.17) is 4.74 Å². The third kappa shape index (κ3) is 4.96. The summed E-state index contributed by atoms with van der Waals surface area (Å²) in [5.74, 6) is 2.00. The lowest BCUT2D eigenvalue weighted by atomic mass is 10.1. The van der Waals surface area contributed by atoms with Crippen LogP contribution < -0.4 is 26.2 Å². The highest BCUT2D eigenvalue weighted by molar-refractivity contribution is 5.88. The van der Waals surface area contributed by atoms with Crippen LogP contribution in [0.4, 0.5) is 16.6 Å². The van der Waals surface area contributed by atoms with E-state index in [2.05, 4.69) is 30.9 Å². The van der Waals surface area contributed by atoms with E-state index in [0.29, 0.717) is 40.0 Å². The summed E-state index contributed by atoms with van der Waals surface area (Å²) in [5, 5.41) is 9.08. The Hall–Kier alpha value is -4.47. The van der Waals surface area contributed by atoms with E-state index >= 15 is 0 Å². The molecule has 34 heavy (non-hydrogen) atoms. The highest BCUT2D eigenvalue weighted by atomic mass is 16.5. The zero-order valence-electron chi connectivity index (χ0n) is 19.3. The lowest BCUT2D eigenvalue weighted by molar-refractivity contribution is 0.254. The lowest BCUT2D eigenvalue weighted by Gasteiger charge is -2.13. The Morgan fingerprint density at radius 3 is 2.62 bits per heavy atom. The second-order valence-corrected chi connectivity index (χ2v) is 7.89. The van der Waals surface area contributed by atoms with Crippen LogP contribution in [0.2, 0.25) is 0 Å². The molecular formula is C24H25N7O3. The number of amides is 2. The minimum atomic E-state index is -0.368. The standard InChI is InChI=1S/C24H25N7O3/c1-14(2)28-23-27-13-18(22(32)31(23)4)20-7-5-15-11-16(6-8-19(15)29-20)34-17-9-10-26-21(12-17)30-24(33)25-3/h5-14H,1-4H3,(H,27,28)(H2,25,26,30,33). The number of carbonyl (C=O) groups excluding carboxylic acids is 1. The molecule has 3 heterocycles. The fourth-order valence-corrected chi connectivity index (χ4v) is 3.29. The van der Waals surface area contributed by atoms with Crippen molar-refractivity contribution in [3.8, 4) is 22.8 Å². The van der Waals surface area contributed by atoms with Crippen LogP contribution in [0.1, 0.15) is 13.8 Å². The fraction of sp³-hybridized carbons (Fsp3) is 0.208. The molecule has 0 aliphatic heterocycles. The number of carbonyl (C=O) groups is 1. The molecule has 0 aliphatic rings. The summed E-state index contributed by atoms with van der Waals surface area (Å²) < 4.78 is 7.41. The Morgan fingerprint density at radius 2 is 1.85 bits per heavy atom. The van der Waals surface area contributed by atoms with Crippen LogP contribution in [0, 0.1) is 0 Å². The number of pyridine rings is 2. The van der Waals surface area contributed by atoms with E-state index in [1.165, 1.54) is 11.6 Å². The van der Waals surface area contributed by atoms with E-state index in [-0.39, 0.29) is 17.6 Å². The van der Waals surface area contributed by atoms with Crippen LogP contribution in [-0.2, 0) is 7.05 Å². The second-order valence-electron chi connectivity index (χ2n) is 7.89. The maximum Gasteiger partial charge on any atom is 0.320 e. The number of hydrogen-bond donors (Lipinski definition) is 3. The first kappa shape index (κ1) is 22.7. The Morgan fingerprint density at radius 1 is 1.06 bits per heavy atom. The summed E-state index contributed by atoms with van der Waals surface area (Å²) >= 11 is 0. The van der Waals surface area contributed by atoms with Gasteiger partial charge in [0.15, 0.2) is 0 Å². The predicted octanol–water partition coefficient (Wildman–Crippen LogP) is 3.75. The summed E-state index contributed by atoms with van der Waals surface area (Å²) in [5.41, 5.74) is 1.51. The van der Waals surface area contributed by atoms with Crippen LogP contribution in [0.15, 0.2) is 59.7 Å².